The molecule has 4 rings (SSSR count). The smallest absolute Gasteiger partial charge is 0.383 e. The van der Waals surface area contributed by atoms with Crippen molar-refractivity contribution in [3.63, 3.8) is 0 Å². The Labute approximate surface area is 194 Å². The van der Waals surface area contributed by atoms with Gasteiger partial charge in [-0.3, -0.25) is 4.90 Å². The SMILES string of the molecule is COCCn1nnnc1[C@@H](c1ccc(Cl)cc1)N1CCN(c2cccc(C(F)(F)F)c2)CC1. The second-order valence-corrected chi connectivity index (χ2v) is 8.21. The van der Waals surface area contributed by atoms with Crippen molar-refractivity contribution in [3.8, 4) is 0 Å². The van der Waals surface area contributed by atoms with Crippen molar-refractivity contribution < 1.29 is 17.9 Å². The Bertz CT molecular complexity index is 1050. The van der Waals surface area contributed by atoms with Crippen molar-refractivity contribution in [2.45, 2.75) is 18.8 Å². The molecule has 0 amide bonds. The maximum Gasteiger partial charge on any atom is 0.416 e. The summed E-state index contributed by atoms with van der Waals surface area (Å²) in [6.07, 6.45) is -4.36. The van der Waals surface area contributed by atoms with Crippen LogP contribution in [-0.2, 0) is 17.5 Å². The highest BCUT2D eigenvalue weighted by atomic mass is 35.5. The standard InChI is InChI=1S/C22H24ClF3N6O/c1-33-14-13-32-21(27-28-29-32)20(16-5-7-18(23)8-6-16)31-11-9-30(10-12-31)19-4-2-3-17(15-19)22(24,25)26/h2-8,15,20H,9-14H2,1H3/t20-/m1/s1. The molecule has 2 heterocycles. The molecule has 1 aromatic heterocycles. The molecule has 176 valence electrons. The van der Waals surface area contributed by atoms with E-state index in [0.717, 1.165) is 11.6 Å². The van der Waals surface area contributed by atoms with Crippen molar-refractivity contribution in [2.24, 2.45) is 0 Å². The summed E-state index contributed by atoms with van der Waals surface area (Å²) >= 11 is 6.10. The number of halogens is 4. The molecule has 1 aliphatic heterocycles. The first kappa shape index (κ1) is 23.5. The maximum absolute atomic E-state index is 13.1. The number of piperazine rings is 1. The number of alkyl halides is 3. The van der Waals surface area contributed by atoms with E-state index in [4.69, 9.17) is 16.3 Å². The van der Waals surface area contributed by atoms with Crippen LogP contribution >= 0.6 is 11.6 Å². The third kappa shape index (κ3) is 5.45. The second kappa shape index (κ2) is 10.1. The molecule has 2 aromatic carbocycles. The molecule has 33 heavy (non-hydrogen) atoms. The van der Waals surface area contributed by atoms with Gasteiger partial charge in [-0.05, 0) is 46.3 Å². The number of tetrazole rings is 1. The number of benzene rings is 2. The fraction of sp³-hybridized carbons (Fsp3) is 0.409. The fourth-order valence-corrected chi connectivity index (χ4v) is 4.16. The van der Waals surface area contributed by atoms with Crippen molar-refractivity contribution in [1.29, 1.82) is 0 Å². The lowest BCUT2D eigenvalue weighted by Crippen LogP contribution is -2.48. The van der Waals surface area contributed by atoms with Gasteiger partial charge in [0.05, 0.1) is 24.8 Å². The Kier molecular flexibility index (Phi) is 7.16. The highest BCUT2D eigenvalue weighted by molar-refractivity contribution is 6.30. The lowest BCUT2D eigenvalue weighted by Gasteiger charge is -2.40. The zero-order valence-electron chi connectivity index (χ0n) is 18.0. The molecule has 11 heteroatoms. The number of rotatable bonds is 7. The predicted octanol–water partition coefficient (Wildman–Crippen LogP) is 3.90. The minimum absolute atomic E-state index is 0.224. The largest absolute Gasteiger partial charge is 0.416 e. The van der Waals surface area contributed by atoms with Crippen LogP contribution in [0.1, 0.15) is 23.0 Å². The van der Waals surface area contributed by atoms with E-state index in [1.165, 1.54) is 12.1 Å². The first-order valence-corrected chi connectivity index (χ1v) is 10.9. The van der Waals surface area contributed by atoms with Crippen LogP contribution in [0.4, 0.5) is 18.9 Å². The Hall–Kier alpha value is -2.69. The van der Waals surface area contributed by atoms with Crippen LogP contribution in [0.25, 0.3) is 0 Å². The summed E-state index contributed by atoms with van der Waals surface area (Å²) in [6, 6.07) is 12.8. The molecule has 1 saturated heterocycles. The molecular weight excluding hydrogens is 457 g/mol. The van der Waals surface area contributed by atoms with E-state index in [0.29, 0.717) is 55.9 Å². The Morgan fingerprint density at radius 1 is 1.06 bits per heavy atom. The number of aromatic nitrogens is 4. The summed E-state index contributed by atoms with van der Waals surface area (Å²) in [5, 5.41) is 12.9. The highest BCUT2D eigenvalue weighted by Gasteiger charge is 2.33. The molecule has 1 fully saturated rings. The van der Waals surface area contributed by atoms with Gasteiger partial charge in [0.25, 0.3) is 0 Å². The van der Waals surface area contributed by atoms with Crippen LogP contribution in [0, 0.1) is 0 Å². The lowest BCUT2D eigenvalue weighted by molar-refractivity contribution is -0.137. The molecule has 0 aliphatic carbocycles. The lowest BCUT2D eigenvalue weighted by atomic mass is 10.0. The summed E-state index contributed by atoms with van der Waals surface area (Å²) in [5.41, 5.74) is 0.914. The van der Waals surface area contributed by atoms with Gasteiger partial charge in [0.2, 0.25) is 0 Å². The molecule has 1 aliphatic rings. The van der Waals surface area contributed by atoms with Crippen LogP contribution in [0.3, 0.4) is 0 Å². The van der Waals surface area contributed by atoms with Gasteiger partial charge < -0.3 is 9.64 Å². The quantitative estimate of drug-likeness (QED) is 0.511. The maximum atomic E-state index is 13.1. The Morgan fingerprint density at radius 2 is 1.79 bits per heavy atom. The van der Waals surface area contributed by atoms with Crippen LogP contribution in [0.5, 0.6) is 0 Å². The van der Waals surface area contributed by atoms with Crippen molar-refractivity contribution in [3.05, 3.63) is 70.5 Å². The van der Waals surface area contributed by atoms with Crippen molar-refractivity contribution >= 4 is 17.3 Å². The molecule has 7 nitrogen and oxygen atoms in total. The van der Waals surface area contributed by atoms with Gasteiger partial charge in [0.15, 0.2) is 5.82 Å². The summed E-state index contributed by atoms with van der Waals surface area (Å²) in [4.78, 5) is 4.21. The molecule has 0 bridgehead atoms. The number of anilines is 1. The van der Waals surface area contributed by atoms with E-state index in [1.54, 1.807) is 17.9 Å². The van der Waals surface area contributed by atoms with Gasteiger partial charge in [-0.25, -0.2) is 4.68 Å². The van der Waals surface area contributed by atoms with Crippen LogP contribution in [0.15, 0.2) is 48.5 Å². The number of methoxy groups -OCH3 is 1. The molecular formula is C22H24ClF3N6O. The predicted molar refractivity (Wildman–Crippen MR) is 118 cm³/mol. The Balaban J connectivity index is 1.56. The monoisotopic (exact) mass is 480 g/mol. The van der Waals surface area contributed by atoms with Gasteiger partial charge in [0, 0.05) is 44.0 Å². The summed E-state index contributed by atoms with van der Waals surface area (Å²) in [7, 11) is 1.62. The molecule has 0 spiro atoms. The molecule has 0 saturated carbocycles. The minimum Gasteiger partial charge on any atom is -0.383 e. The normalized spacial score (nSPS) is 16.2. The van der Waals surface area contributed by atoms with Gasteiger partial charge in [-0.2, -0.15) is 13.2 Å². The van der Waals surface area contributed by atoms with Crippen molar-refractivity contribution in [1.82, 2.24) is 25.1 Å². The number of hydrogen-bond acceptors (Lipinski definition) is 6. The van der Waals surface area contributed by atoms with Gasteiger partial charge in [0.1, 0.15) is 0 Å². The van der Waals surface area contributed by atoms with E-state index < -0.39 is 11.7 Å². The number of nitrogens with zero attached hydrogens (tertiary/aromatic N) is 6. The highest BCUT2D eigenvalue weighted by Crippen LogP contribution is 2.33. The number of hydrogen-bond donors (Lipinski definition) is 0. The summed E-state index contributed by atoms with van der Waals surface area (Å²) < 4.78 is 46.3. The molecule has 3 aromatic rings. The Morgan fingerprint density at radius 3 is 2.45 bits per heavy atom. The molecule has 0 N–H and O–H groups in total. The summed E-state index contributed by atoms with van der Waals surface area (Å²) in [6.45, 7) is 3.37. The van der Waals surface area contributed by atoms with Crippen LogP contribution in [0.2, 0.25) is 5.02 Å². The minimum atomic E-state index is -4.36. The van der Waals surface area contributed by atoms with Gasteiger partial charge in [-0.15, -0.1) is 5.10 Å². The van der Waals surface area contributed by atoms with E-state index in [2.05, 4.69) is 20.4 Å². The second-order valence-electron chi connectivity index (χ2n) is 7.78. The molecule has 0 unspecified atom stereocenters. The van der Waals surface area contributed by atoms with E-state index in [-0.39, 0.29) is 6.04 Å². The first-order chi connectivity index (χ1) is 15.9. The zero-order valence-corrected chi connectivity index (χ0v) is 18.8. The third-order valence-corrected chi connectivity index (χ3v) is 5.97. The van der Waals surface area contributed by atoms with Crippen LogP contribution in [-0.4, -0.2) is 65.0 Å². The molecule has 1 atom stereocenters. The third-order valence-electron chi connectivity index (χ3n) is 5.72. The van der Waals surface area contributed by atoms with E-state index >= 15 is 0 Å². The fourth-order valence-electron chi connectivity index (χ4n) is 4.03. The topological polar surface area (TPSA) is 59.3 Å². The van der Waals surface area contributed by atoms with Gasteiger partial charge >= 0.3 is 6.18 Å². The number of ether oxygens (including phenoxy) is 1. The summed E-state index contributed by atoms with van der Waals surface area (Å²) in [5.74, 6) is 0.682. The van der Waals surface area contributed by atoms with Gasteiger partial charge in [-0.1, -0.05) is 29.8 Å². The molecule has 0 radical (unpaired) electrons. The van der Waals surface area contributed by atoms with E-state index in [1.807, 2.05) is 29.2 Å². The zero-order chi connectivity index (χ0) is 23.4. The average molecular weight is 481 g/mol. The first-order valence-electron chi connectivity index (χ1n) is 10.5. The average Bonchev–Trinajstić information content (AvgIpc) is 3.27. The van der Waals surface area contributed by atoms with E-state index in [9.17, 15) is 13.2 Å². The van der Waals surface area contributed by atoms with Crippen LogP contribution < -0.4 is 4.90 Å². The van der Waals surface area contributed by atoms with Crippen molar-refractivity contribution in [2.75, 3.05) is 44.8 Å².